The van der Waals surface area contributed by atoms with Crippen molar-refractivity contribution in [2.75, 3.05) is 18.4 Å². The number of nitrogens with one attached hydrogen (secondary N) is 1. The summed E-state index contributed by atoms with van der Waals surface area (Å²) in [4.78, 5) is 2.62. The van der Waals surface area contributed by atoms with Gasteiger partial charge in [-0.05, 0) is 86.1 Å². The fourth-order valence-corrected chi connectivity index (χ4v) is 5.42. The minimum atomic E-state index is 0.435. The van der Waals surface area contributed by atoms with Crippen LogP contribution in [0.2, 0.25) is 0 Å². The molecular weight excluding hydrogens is 414 g/mol. The van der Waals surface area contributed by atoms with E-state index in [1.165, 1.54) is 45.8 Å². The van der Waals surface area contributed by atoms with Crippen LogP contribution in [0.3, 0.4) is 0 Å². The number of fused-ring (bicyclic) bond motifs is 3. The Morgan fingerprint density at radius 1 is 0.941 bits per heavy atom. The van der Waals surface area contributed by atoms with Crippen molar-refractivity contribution in [3.05, 3.63) is 90.1 Å². The quantitative estimate of drug-likeness (QED) is 0.310. The molecule has 0 atom stereocenters. The molecule has 0 unspecified atom stereocenters. The first-order valence-corrected chi connectivity index (χ1v) is 12.8. The first kappa shape index (κ1) is 22.7. The monoisotopic (exact) mass is 451 g/mol. The van der Waals surface area contributed by atoms with Gasteiger partial charge in [0.1, 0.15) is 0 Å². The summed E-state index contributed by atoms with van der Waals surface area (Å²) in [5, 5.41) is 6.24. The lowest BCUT2D eigenvalue weighted by atomic mass is 9.89. The zero-order chi connectivity index (χ0) is 23.7. The number of hydrogen-bond acceptors (Lipinski definition) is 2. The Kier molecular flexibility index (Phi) is 6.47. The zero-order valence-corrected chi connectivity index (χ0v) is 20.8. The van der Waals surface area contributed by atoms with Gasteiger partial charge >= 0.3 is 0 Å². The molecule has 3 nitrogen and oxygen atoms in total. The molecule has 1 aliphatic rings. The van der Waals surface area contributed by atoms with Crippen LogP contribution in [0.4, 0.5) is 5.69 Å². The van der Waals surface area contributed by atoms with E-state index in [2.05, 4.69) is 109 Å². The zero-order valence-electron chi connectivity index (χ0n) is 20.8. The highest BCUT2D eigenvalue weighted by atomic mass is 15.1. The molecule has 0 aliphatic carbocycles. The van der Waals surface area contributed by atoms with E-state index in [0.717, 1.165) is 37.6 Å². The van der Waals surface area contributed by atoms with Crippen LogP contribution in [0.1, 0.15) is 50.7 Å². The molecule has 34 heavy (non-hydrogen) atoms. The Bertz CT molecular complexity index is 1310. The average molecular weight is 452 g/mol. The van der Waals surface area contributed by atoms with Crippen LogP contribution < -0.4 is 5.32 Å². The number of piperidine rings is 1. The summed E-state index contributed by atoms with van der Waals surface area (Å²) >= 11 is 0. The Hall–Kier alpha value is -3.04. The molecule has 1 N–H and O–H groups in total. The van der Waals surface area contributed by atoms with Gasteiger partial charge in [0.15, 0.2) is 0 Å². The number of nitrogens with zero attached hydrogens (tertiary/aromatic N) is 2. The molecular formula is C31H37N3. The molecule has 176 valence electrons. The lowest BCUT2D eigenvalue weighted by molar-refractivity contribution is 0.205. The molecule has 4 aromatic rings. The van der Waals surface area contributed by atoms with Gasteiger partial charge in [-0.3, -0.25) is 4.90 Å². The Labute approximate surface area is 204 Å². The van der Waals surface area contributed by atoms with E-state index in [1.807, 2.05) is 0 Å². The van der Waals surface area contributed by atoms with Crippen LogP contribution in [0, 0.1) is 5.92 Å². The van der Waals surface area contributed by atoms with Crippen molar-refractivity contribution in [3.8, 4) is 0 Å². The summed E-state index contributed by atoms with van der Waals surface area (Å²) in [6, 6.07) is 24.8. The topological polar surface area (TPSA) is 20.2 Å². The van der Waals surface area contributed by atoms with Crippen molar-refractivity contribution in [2.45, 2.75) is 52.6 Å². The van der Waals surface area contributed by atoms with E-state index in [0.29, 0.717) is 11.8 Å². The summed E-state index contributed by atoms with van der Waals surface area (Å²) in [5.74, 6) is 1.07. The summed E-state index contributed by atoms with van der Waals surface area (Å²) in [7, 11) is 0. The van der Waals surface area contributed by atoms with E-state index >= 15 is 0 Å². The number of anilines is 1. The van der Waals surface area contributed by atoms with Crippen LogP contribution in [0.25, 0.3) is 21.8 Å². The smallest absolute Gasteiger partial charge is 0.0491 e. The molecule has 5 rings (SSSR count). The van der Waals surface area contributed by atoms with E-state index in [4.69, 9.17) is 0 Å². The van der Waals surface area contributed by atoms with E-state index < -0.39 is 0 Å². The molecule has 3 heteroatoms. The molecule has 0 radical (unpaired) electrons. The van der Waals surface area contributed by atoms with Crippen molar-refractivity contribution in [2.24, 2.45) is 5.92 Å². The predicted octanol–water partition coefficient (Wildman–Crippen LogP) is 7.78. The molecule has 2 heterocycles. The standard InChI is InChI=1S/C31H37N3/c1-5-34-30-12-7-6-11-28(30)29-19-24(13-14-31(29)34)21-33-17-15-25(16-18-33)26-9-8-10-27(20-26)32-23(4)22(2)3/h6-14,19-20,22,25,32H,4-5,15-18,21H2,1-3H3. The third-order valence-electron chi connectivity index (χ3n) is 7.51. The number of rotatable bonds is 7. The van der Waals surface area contributed by atoms with Crippen molar-refractivity contribution in [3.63, 3.8) is 0 Å². The van der Waals surface area contributed by atoms with Gasteiger partial charge in [0.25, 0.3) is 0 Å². The van der Waals surface area contributed by atoms with Crippen LogP contribution in [-0.4, -0.2) is 22.6 Å². The maximum atomic E-state index is 4.16. The molecule has 3 aromatic carbocycles. The Morgan fingerprint density at radius 3 is 2.47 bits per heavy atom. The number of aryl methyl sites for hydroxylation is 1. The molecule has 0 saturated carbocycles. The van der Waals surface area contributed by atoms with Gasteiger partial charge in [0.2, 0.25) is 0 Å². The minimum Gasteiger partial charge on any atom is -0.359 e. The van der Waals surface area contributed by atoms with Gasteiger partial charge in [0, 0.05) is 46.3 Å². The number of likely N-dealkylation sites (tertiary alicyclic amines) is 1. The summed E-state index contributed by atoms with van der Waals surface area (Å²) < 4.78 is 2.43. The highest BCUT2D eigenvalue weighted by molar-refractivity contribution is 6.08. The van der Waals surface area contributed by atoms with E-state index in [1.54, 1.807) is 0 Å². The fraction of sp³-hybridized carbons (Fsp3) is 0.355. The maximum absolute atomic E-state index is 4.16. The van der Waals surface area contributed by atoms with Crippen molar-refractivity contribution >= 4 is 27.5 Å². The third kappa shape index (κ3) is 4.50. The molecule has 0 spiro atoms. The summed E-state index contributed by atoms with van der Waals surface area (Å²) in [6.45, 7) is 15.1. The lowest BCUT2D eigenvalue weighted by Gasteiger charge is -2.32. The number of allylic oxidation sites excluding steroid dienone is 1. The number of para-hydroxylation sites is 1. The average Bonchev–Trinajstić information content (AvgIpc) is 3.17. The summed E-state index contributed by atoms with van der Waals surface area (Å²) in [5.41, 5.74) is 7.80. The van der Waals surface area contributed by atoms with Crippen LogP contribution >= 0.6 is 0 Å². The van der Waals surface area contributed by atoms with Crippen LogP contribution in [0.5, 0.6) is 0 Å². The highest BCUT2D eigenvalue weighted by Crippen LogP contribution is 2.32. The Morgan fingerprint density at radius 2 is 1.71 bits per heavy atom. The SMILES string of the molecule is C=C(Nc1cccc(C2CCN(Cc3ccc4c(c3)c3ccccc3n4CC)CC2)c1)C(C)C. The Balaban J connectivity index is 1.26. The first-order chi connectivity index (χ1) is 16.5. The molecule has 1 fully saturated rings. The third-order valence-corrected chi connectivity index (χ3v) is 7.51. The molecule has 1 aromatic heterocycles. The van der Waals surface area contributed by atoms with Gasteiger partial charge in [-0.15, -0.1) is 0 Å². The van der Waals surface area contributed by atoms with Gasteiger partial charge in [0.05, 0.1) is 0 Å². The van der Waals surface area contributed by atoms with Crippen LogP contribution in [-0.2, 0) is 13.1 Å². The van der Waals surface area contributed by atoms with E-state index in [-0.39, 0.29) is 0 Å². The second-order valence-corrected chi connectivity index (χ2v) is 10.1. The summed E-state index contributed by atoms with van der Waals surface area (Å²) in [6.07, 6.45) is 2.43. The normalized spacial score (nSPS) is 15.4. The van der Waals surface area contributed by atoms with E-state index in [9.17, 15) is 0 Å². The van der Waals surface area contributed by atoms with Crippen LogP contribution in [0.15, 0.2) is 79.0 Å². The second-order valence-electron chi connectivity index (χ2n) is 10.1. The van der Waals surface area contributed by atoms with Gasteiger partial charge in [-0.2, -0.15) is 0 Å². The van der Waals surface area contributed by atoms with Gasteiger partial charge in [-0.1, -0.05) is 56.8 Å². The fourth-order valence-electron chi connectivity index (χ4n) is 5.42. The number of hydrogen-bond donors (Lipinski definition) is 1. The highest BCUT2D eigenvalue weighted by Gasteiger charge is 2.21. The molecule has 1 aliphatic heterocycles. The number of benzene rings is 3. The second kappa shape index (κ2) is 9.68. The molecule has 0 bridgehead atoms. The number of aromatic nitrogens is 1. The first-order valence-electron chi connectivity index (χ1n) is 12.8. The van der Waals surface area contributed by atoms with Crippen molar-refractivity contribution in [1.82, 2.24) is 9.47 Å². The minimum absolute atomic E-state index is 0.435. The lowest BCUT2D eigenvalue weighted by Crippen LogP contribution is -2.32. The van der Waals surface area contributed by atoms with Crippen molar-refractivity contribution < 1.29 is 0 Å². The largest absolute Gasteiger partial charge is 0.359 e. The van der Waals surface area contributed by atoms with Crippen molar-refractivity contribution in [1.29, 1.82) is 0 Å². The van der Waals surface area contributed by atoms with Gasteiger partial charge < -0.3 is 9.88 Å². The molecule has 0 amide bonds. The molecule has 1 saturated heterocycles. The van der Waals surface area contributed by atoms with Gasteiger partial charge in [-0.25, -0.2) is 0 Å². The predicted molar refractivity (Wildman–Crippen MR) is 146 cm³/mol. The maximum Gasteiger partial charge on any atom is 0.0491 e.